The molecule has 6 nitrogen and oxygen atoms in total. The molecule has 25 heavy (non-hydrogen) atoms. The van der Waals surface area contributed by atoms with Crippen LogP contribution in [0.4, 0.5) is 0 Å². The molecule has 0 bridgehead atoms. The average molecular weight is 364 g/mol. The lowest BCUT2D eigenvalue weighted by molar-refractivity contribution is 0.0949. The molecule has 0 unspecified atom stereocenters. The second-order valence-electron chi connectivity index (χ2n) is 6.44. The van der Waals surface area contributed by atoms with Crippen LogP contribution in [0.1, 0.15) is 46.1 Å². The fraction of sp³-hybridized carbons (Fsp3) is 0.500. The lowest BCUT2D eigenvalue weighted by Crippen LogP contribution is -2.29. The largest absolute Gasteiger partial charge is 0.350 e. The van der Waals surface area contributed by atoms with Crippen LogP contribution in [-0.4, -0.2) is 40.5 Å². The fourth-order valence-corrected chi connectivity index (χ4v) is 3.27. The molecule has 1 fully saturated rings. The number of aryl methyl sites for hydroxylation is 2. The summed E-state index contributed by atoms with van der Waals surface area (Å²) in [5.41, 5.74) is 4.23. The maximum absolute atomic E-state index is 12.3. The number of aromatic nitrogens is 3. The molecule has 2 N–H and O–H groups in total. The number of amides is 1. The van der Waals surface area contributed by atoms with E-state index in [1.807, 2.05) is 4.68 Å². The Labute approximate surface area is 154 Å². The molecule has 1 aliphatic rings. The summed E-state index contributed by atoms with van der Waals surface area (Å²) in [4.78, 5) is 12.3. The molecule has 0 spiro atoms. The number of nitrogens with one attached hydrogen (secondary N) is 2. The van der Waals surface area contributed by atoms with Crippen molar-refractivity contribution in [1.82, 2.24) is 25.6 Å². The first-order valence-electron chi connectivity index (χ1n) is 8.61. The van der Waals surface area contributed by atoms with Gasteiger partial charge in [-0.15, -0.1) is 17.5 Å². The van der Waals surface area contributed by atoms with Crippen LogP contribution >= 0.6 is 12.4 Å². The number of halogens is 1. The second kappa shape index (κ2) is 8.97. The molecule has 7 heteroatoms. The minimum absolute atomic E-state index is 0. The summed E-state index contributed by atoms with van der Waals surface area (Å²) >= 11 is 0. The normalized spacial score (nSPS) is 14.8. The van der Waals surface area contributed by atoms with Crippen molar-refractivity contribution in [3.8, 4) is 0 Å². The van der Waals surface area contributed by atoms with E-state index in [1.165, 1.54) is 16.7 Å². The molecule has 1 amide bonds. The van der Waals surface area contributed by atoms with Crippen molar-refractivity contribution < 1.29 is 4.79 Å². The van der Waals surface area contributed by atoms with Crippen LogP contribution in [0.2, 0.25) is 0 Å². The van der Waals surface area contributed by atoms with Crippen LogP contribution in [0.15, 0.2) is 24.4 Å². The average Bonchev–Trinajstić information content (AvgIpc) is 3.08. The maximum Gasteiger partial charge on any atom is 0.273 e. The van der Waals surface area contributed by atoms with Crippen LogP contribution in [0, 0.1) is 13.8 Å². The standard InChI is InChI=1S/C18H25N5O.ClH/c1-13-4-3-5-14(2)16(13)8-11-20-18(24)17-12-23(22-21-17)15-6-9-19-10-7-15;/h3-5,12,15,19H,6-11H2,1-2H3,(H,20,24);1H. The molecule has 1 aliphatic heterocycles. The van der Waals surface area contributed by atoms with Gasteiger partial charge in [0.2, 0.25) is 0 Å². The number of hydrogen-bond donors (Lipinski definition) is 2. The first-order valence-corrected chi connectivity index (χ1v) is 8.61. The van der Waals surface area contributed by atoms with Crippen molar-refractivity contribution in [3.05, 3.63) is 46.8 Å². The zero-order chi connectivity index (χ0) is 16.9. The molecule has 0 atom stereocenters. The van der Waals surface area contributed by atoms with Gasteiger partial charge in [-0.3, -0.25) is 4.79 Å². The molecule has 0 saturated carbocycles. The topological polar surface area (TPSA) is 71.8 Å². The van der Waals surface area contributed by atoms with Gasteiger partial charge in [0.05, 0.1) is 12.2 Å². The summed E-state index contributed by atoms with van der Waals surface area (Å²) in [6.45, 7) is 6.79. The van der Waals surface area contributed by atoms with Gasteiger partial charge < -0.3 is 10.6 Å². The molecule has 1 aromatic carbocycles. The first-order chi connectivity index (χ1) is 11.6. The highest BCUT2D eigenvalue weighted by molar-refractivity contribution is 5.91. The molecule has 2 heterocycles. The molecule has 2 aromatic rings. The van der Waals surface area contributed by atoms with Gasteiger partial charge in [0.1, 0.15) is 0 Å². The predicted octanol–water partition coefficient (Wildman–Crippen LogP) is 2.21. The van der Waals surface area contributed by atoms with E-state index in [0.29, 0.717) is 18.3 Å². The van der Waals surface area contributed by atoms with E-state index in [-0.39, 0.29) is 18.3 Å². The number of benzene rings is 1. The molecule has 1 saturated heterocycles. The van der Waals surface area contributed by atoms with Gasteiger partial charge in [0, 0.05) is 6.54 Å². The summed E-state index contributed by atoms with van der Waals surface area (Å²) in [5.74, 6) is -0.151. The van der Waals surface area contributed by atoms with Crippen molar-refractivity contribution in [1.29, 1.82) is 0 Å². The smallest absolute Gasteiger partial charge is 0.273 e. The lowest BCUT2D eigenvalue weighted by atomic mass is 10.0. The van der Waals surface area contributed by atoms with E-state index < -0.39 is 0 Å². The van der Waals surface area contributed by atoms with Crippen molar-refractivity contribution in [2.45, 2.75) is 39.2 Å². The number of hydrogen-bond acceptors (Lipinski definition) is 4. The highest BCUT2D eigenvalue weighted by Gasteiger charge is 2.18. The molecule has 0 aliphatic carbocycles. The Morgan fingerprint density at radius 2 is 1.96 bits per heavy atom. The predicted molar refractivity (Wildman–Crippen MR) is 100 cm³/mol. The third-order valence-electron chi connectivity index (χ3n) is 4.73. The zero-order valence-electron chi connectivity index (χ0n) is 14.8. The van der Waals surface area contributed by atoms with Gasteiger partial charge in [-0.2, -0.15) is 0 Å². The monoisotopic (exact) mass is 363 g/mol. The van der Waals surface area contributed by atoms with Crippen LogP contribution in [-0.2, 0) is 6.42 Å². The minimum Gasteiger partial charge on any atom is -0.350 e. The summed E-state index contributed by atoms with van der Waals surface area (Å²) in [7, 11) is 0. The van der Waals surface area contributed by atoms with Crippen molar-refractivity contribution in [2.24, 2.45) is 0 Å². The Morgan fingerprint density at radius 1 is 1.28 bits per heavy atom. The molecule has 3 rings (SSSR count). The van der Waals surface area contributed by atoms with E-state index >= 15 is 0 Å². The quantitative estimate of drug-likeness (QED) is 0.854. The minimum atomic E-state index is -0.151. The van der Waals surface area contributed by atoms with E-state index in [1.54, 1.807) is 6.20 Å². The van der Waals surface area contributed by atoms with Crippen molar-refractivity contribution in [2.75, 3.05) is 19.6 Å². The second-order valence-corrected chi connectivity index (χ2v) is 6.44. The van der Waals surface area contributed by atoms with Gasteiger partial charge in [-0.25, -0.2) is 4.68 Å². The summed E-state index contributed by atoms with van der Waals surface area (Å²) in [5, 5.41) is 14.4. The summed E-state index contributed by atoms with van der Waals surface area (Å²) in [6, 6.07) is 6.62. The van der Waals surface area contributed by atoms with Crippen molar-refractivity contribution >= 4 is 18.3 Å². The molecular formula is C18H26ClN5O. The summed E-state index contributed by atoms with van der Waals surface area (Å²) in [6.07, 6.45) is 4.64. The highest BCUT2D eigenvalue weighted by atomic mass is 35.5. The van der Waals surface area contributed by atoms with Gasteiger partial charge >= 0.3 is 0 Å². The highest BCUT2D eigenvalue weighted by Crippen LogP contribution is 2.17. The van der Waals surface area contributed by atoms with Gasteiger partial charge in [0.25, 0.3) is 5.91 Å². The van der Waals surface area contributed by atoms with Crippen molar-refractivity contribution in [3.63, 3.8) is 0 Å². The zero-order valence-corrected chi connectivity index (χ0v) is 15.6. The van der Waals surface area contributed by atoms with Gasteiger partial charge in [-0.1, -0.05) is 23.4 Å². The molecular weight excluding hydrogens is 338 g/mol. The number of carbonyl (C=O) groups is 1. The van der Waals surface area contributed by atoms with Crippen LogP contribution in [0.3, 0.4) is 0 Å². The lowest BCUT2D eigenvalue weighted by Gasteiger charge is -2.22. The number of carbonyl (C=O) groups excluding carboxylic acids is 1. The van der Waals surface area contributed by atoms with E-state index in [0.717, 1.165) is 32.4 Å². The third kappa shape index (κ3) is 4.80. The summed E-state index contributed by atoms with van der Waals surface area (Å²) < 4.78 is 1.83. The van der Waals surface area contributed by atoms with Crippen LogP contribution in [0.5, 0.6) is 0 Å². The molecule has 0 radical (unpaired) electrons. The van der Waals surface area contributed by atoms with E-state index in [2.05, 4.69) is 53.0 Å². The van der Waals surface area contributed by atoms with Gasteiger partial charge in [-0.05, 0) is 62.9 Å². The van der Waals surface area contributed by atoms with Gasteiger partial charge in [0.15, 0.2) is 5.69 Å². The SMILES string of the molecule is Cc1cccc(C)c1CCNC(=O)c1cn(C2CCNCC2)nn1.Cl. The Hall–Kier alpha value is -1.92. The number of rotatable bonds is 5. The molecule has 136 valence electrons. The van der Waals surface area contributed by atoms with Crippen LogP contribution in [0.25, 0.3) is 0 Å². The van der Waals surface area contributed by atoms with E-state index in [9.17, 15) is 4.79 Å². The Kier molecular flexibility index (Phi) is 6.96. The Bertz CT molecular complexity index is 689. The van der Waals surface area contributed by atoms with E-state index in [4.69, 9.17) is 0 Å². The number of nitrogens with zero attached hydrogens (tertiary/aromatic N) is 3. The Morgan fingerprint density at radius 3 is 2.64 bits per heavy atom. The number of piperidine rings is 1. The Balaban J connectivity index is 0.00000225. The molecule has 1 aromatic heterocycles. The fourth-order valence-electron chi connectivity index (χ4n) is 3.27. The van der Waals surface area contributed by atoms with Crippen LogP contribution < -0.4 is 10.6 Å². The maximum atomic E-state index is 12.3. The first kappa shape index (κ1) is 19.4. The third-order valence-corrected chi connectivity index (χ3v) is 4.73.